The molecule has 0 saturated heterocycles. The van der Waals surface area contributed by atoms with Crippen molar-refractivity contribution in [3.63, 3.8) is 0 Å². The van der Waals surface area contributed by atoms with Gasteiger partial charge in [0.1, 0.15) is 0 Å². The van der Waals surface area contributed by atoms with E-state index in [0.29, 0.717) is 0 Å². The molecule has 4 N–H and O–H groups in total. The summed E-state index contributed by atoms with van der Waals surface area (Å²) in [6.07, 6.45) is 1.63. The van der Waals surface area contributed by atoms with E-state index in [1.165, 1.54) is 0 Å². The number of anilines is 1. The number of hydrogen-bond acceptors (Lipinski definition) is 3. The molecule has 0 heterocycles. The van der Waals surface area contributed by atoms with E-state index in [0.717, 1.165) is 29.7 Å². The zero-order valence-corrected chi connectivity index (χ0v) is 11.4. The average molecular weight is 269 g/mol. The quantitative estimate of drug-likeness (QED) is 0.715. The van der Waals surface area contributed by atoms with Gasteiger partial charge in [0.25, 0.3) is 10.2 Å². The number of hydrogen-bond donors (Lipinski definition) is 3. The number of nitrogens with one attached hydrogen (secondary N) is 2. The van der Waals surface area contributed by atoms with Crippen LogP contribution in [-0.4, -0.2) is 14.5 Å². The van der Waals surface area contributed by atoms with Crippen LogP contribution in [0.2, 0.25) is 0 Å². The number of benzene rings is 1. The van der Waals surface area contributed by atoms with Gasteiger partial charge < -0.3 is 5.73 Å². The molecule has 0 saturated carbocycles. The summed E-state index contributed by atoms with van der Waals surface area (Å²) in [5, 5.41) is 0. The molecule has 0 radical (unpaired) electrons. The van der Waals surface area contributed by atoms with Crippen molar-refractivity contribution >= 4 is 15.9 Å². The third-order valence-electron chi connectivity index (χ3n) is 2.93. The van der Waals surface area contributed by atoms with Crippen molar-refractivity contribution in [1.29, 1.82) is 0 Å². The molecule has 18 heavy (non-hydrogen) atoms. The van der Waals surface area contributed by atoms with Gasteiger partial charge in [0.05, 0.1) is 0 Å². The van der Waals surface area contributed by atoms with E-state index in [-0.39, 0.29) is 12.1 Å². The summed E-state index contributed by atoms with van der Waals surface area (Å²) in [6, 6.07) is 5.35. The zero-order chi connectivity index (χ0) is 13.3. The van der Waals surface area contributed by atoms with Crippen molar-refractivity contribution in [2.45, 2.75) is 38.8 Å². The summed E-state index contributed by atoms with van der Waals surface area (Å²) in [6.45, 7) is 3.59. The van der Waals surface area contributed by atoms with Gasteiger partial charge in [-0.15, -0.1) is 0 Å². The summed E-state index contributed by atoms with van der Waals surface area (Å²) >= 11 is 0. The van der Waals surface area contributed by atoms with Crippen LogP contribution in [0.3, 0.4) is 0 Å². The molecular weight excluding hydrogens is 250 g/mol. The Morgan fingerprint density at radius 1 is 1.39 bits per heavy atom. The highest BCUT2D eigenvalue weighted by molar-refractivity contribution is 7.87. The highest BCUT2D eigenvalue weighted by Crippen LogP contribution is 2.32. The topological polar surface area (TPSA) is 84.2 Å². The van der Waals surface area contributed by atoms with Crippen molar-refractivity contribution in [3.05, 3.63) is 29.3 Å². The van der Waals surface area contributed by atoms with E-state index in [1.54, 1.807) is 19.9 Å². The predicted molar refractivity (Wildman–Crippen MR) is 72.2 cm³/mol. The maximum Gasteiger partial charge on any atom is 0.277 e. The summed E-state index contributed by atoms with van der Waals surface area (Å²) < 4.78 is 28.9. The van der Waals surface area contributed by atoms with Crippen LogP contribution >= 0.6 is 0 Å². The predicted octanol–water partition coefficient (Wildman–Crippen LogP) is 1.09. The van der Waals surface area contributed by atoms with Crippen LogP contribution in [0.4, 0.5) is 5.69 Å². The minimum atomic E-state index is -3.45. The third-order valence-corrected chi connectivity index (χ3v) is 4.31. The maximum absolute atomic E-state index is 11.8. The fourth-order valence-electron chi connectivity index (χ4n) is 2.29. The first-order valence-corrected chi connectivity index (χ1v) is 7.53. The maximum atomic E-state index is 11.8. The lowest BCUT2D eigenvalue weighted by Crippen LogP contribution is -2.41. The number of aryl methyl sites for hydroxylation is 1. The SMILES string of the molecule is CC(C)NS(=O)(=O)NC1CCc2cc(N)ccc21. The standard InChI is InChI=1S/C12H19N3O2S/c1-8(2)14-18(16,17)15-12-6-3-9-7-10(13)4-5-11(9)12/h4-5,7-8,12,14-15H,3,6,13H2,1-2H3. The van der Waals surface area contributed by atoms with E-state index >= 15 is 0 Å². The molecule has 0 amide bonds. The number of rotatable bonds is 4. The van der Waals surface area contributed by atoms with Gasteiger partial charge in [-0.3, -0.25) is 0 Å². The Kier molecular flexibility index (Phi) is 3.61. The minimum absolute atomic E-state index is 0.116. The van der Waals surface area contributed by atoms with Crippen molar-refractivity contribution < 1.29 is 8.42 Å². The highest BCUT2D eigenvalue weighted by Gasteiger charge is 2.26. The molecule has 1 aromatic rings. The summed E-state index contributed by atoms with van der Waals surface area (Å²) in [7, 11) is -3.45. The second kappa shape index (κ2) is 4.87. The molecule has 1 unspecified atom stereocenters. The van der Waals surface area contributed by atoms with Gasteiger partial charge in [-0.1, -0.05) is 6.07 Å². The Morgan fingerprint density at radius 3 is 2.78 bits per heavy atom. The Morgan fingerprint density at radius 2 is 2.11 bits per heavy atom. The zero-order valence-electron chi connectivity index (χ0n) is 10.6. The van der Waals surface area contributed by atoms with Crippen molar-refractivity contribution in [3.8, 4) is 0 Å². The molecular formula is C12H19N3O2S. The molecule has 0 fully saturated rings. The fourth-order valence-corrected chi connectivity index (χ4v) is 3.60. The summed E-state index contributed by atoms with van der Waals surface area (Å²) in [4.78, 5) is 0. The van der Waals surface area contributed by atoms with Gasteiger partial charge >= 0.3 is 0 Å². The van der Waals surface area contributed by atoms with Crippen LogP contribution in [0, 0.1) is 0 Å². The summed E-state index contributed by atoms with van der Waals surface area (Å²) in [5.74, 6) is 0. The Bertz CT molecular complexity index is 540. The first kappa shape index (κ1) is 13.3. The molecule has 6 heteroatoms. The average Bonchev–Trinajstić information content (AvgIpc) is 2.57. The van der Waals surface area contributed by atoms with Crippen LogP contribution in [0.25, 0.3) is 0 Å². The molecule has 2 rings (SSSR count). The van der Waals surface area contributed by atoms with Gasteiger partial charge in [-0.05, 0) is 49.9 Å². The highest BCUT2D eigenvalue weighted by atomic mass is 32.2. The minimum Gasteiger partial charge on any atom is -0.399 e. The lowest BCUT2D eigenvalue weighted by molar-refractivity contribution is 0.532. The van der Waals surface area contributed by atoms with Gasteiger partial charge in [0.2, 0.25) is 0 Å². The van der Waals surface area contributed by atoms with Crippen molar-refractivity contribution in [2.75, 3.05) is 5.73 Å². The number of nitrogens with two attached hydrogens (primary N) is 1. The molecule has 0 aliphatic heterocycles. The lowest BCUT2D eigenvalue weighted by Gasteiger charge is -2.16. The van der Waals surface area contributed by atoms with Gasteiger partial charge in [0.15, 0.2) is 0 Å². The smallest absolute Gasteiger partial charge is 0.277 e. The van der Waals surface area contributed by atoms with Gasteiger partial charge in [-0.25, -0.2) is 0 Å². The second-order valence-electron chi connectivity index (χ2n) is 4.94. The Labute approximate surface area is 108 Å². The van der Waals surface area contributed by atoms with Crippen LogP contribution in [-0.2, 0) is 16.6 Å². The first-order chi connectivity index (χ1) is 8.37. The van der Waals surface area contributed by atoms with Crippen LogP contribution in [0.5, 0.6) is 0 Å². The van der Waals surface area contributed by atoms with Crippen molar-refractivity contribution in [1.82, 2.24) is 9.44 Å². The van der Waals surface area contributed by atoms with Crippen LogP contribution in [0.1, 0.15) is 37.4 Å². The monoisotopic (exact) mass is 269 g/mol. The molecule has 0 bridgehead atoms. The molecule has 1 aliphatic carbocycles. The third kappa shape index (κ3) is 3.01. The Hall–Kier alpha value is -1.11. The molecule has 1 aromatic carbocycles. The molecule has 1 aliphatic rings. The first-order valence-electron chi connectivity index (χ1n) is 6.05. The second-order valence-corrected chi connectivity index (χ2v) is 6.42. The molecule has 0 spiro atoms. The van der Waals surface area contributed by atoms with Crippen molar-refractivity contribution in [2.24, 2.45) is 0 Å². The fraction of sp³-hybridized carbons (Fsp3) is 0.500. The molecule has 100 valence electrons. The van der Waals surface area contributed by atoms with E-state index < -0.39 is 10.2 Å². The molecule has 0 aromatic heterocycles. The van der Waals surface area contributed by atoms with E-state index in [9.17, 15) is 8.42 Å². The largest absolute Gasteiger partial charge is 0.399 e. The van der Waals surface area contributed by atoms with E-state index in [2.05, 4.69) is 9.44 Å². The van der Waals surface area contributed by atoms with Gasteiger partial charge in [-0.2, -0.15) is 17.9 Å². The van der Waals surface area contributed by atoms with E-state index in [1.807, 2.05) is 12.1 Å². The Balaban J connectivity index is 2.15. The van der Waals surface area contributed by atoms with Crippen LogP contribution in [0.15, 0.2) is 18.2 Å². The molecule has 1 atom stereocenters. The van der Waals surface area contributed by atoms with E-state index in [4.69, 9.17) is 5.73 Å². The normalized spacial score (nSPS) is 19.2. The summed E-state index contributed by atoms with van der Waals surface area (Å²) in [5.41, 5.74) is 8.60. The molecule has 5 nitrogen and oxygen atoms in total. The lowest BCUT2D eigenvalue weighted by atomic mass is 10.1. The van der Waals surface area contributed by atoms with Crippen LogP contribution < -0.4 is 15.2 Å². The number of nitrogen functional groups attached to an aromatic ring is 1. The number of fused-ring (bicyclic) bond motifs is 1. The van der Waals surface area contributed by atoms with Gasteiger partial charge in [0, 0.05) is 17.8 Å².